The number of hydrogen-bond acceptors (Lipinski definition) is 3. The summed E-state index contributed by atoms with van der Waals surface area (Å²) in [5.41, 5.74) is 3.93. The highest BCUT2D eigenvalue weighted by Crippen LogP contribution is 2.28. The maximum Gasteiger partial charge on any atom is 0.338 e. The van der Waals surface area contributed by atoms with E-state index < -0.39 is 0 Å². The number of esters is 1. The van der Waals surface area contributed by atoms with Gasteiger partial charge in [-0.2, -0.15) is 0 Å². The van der Waals surface area contributed by atoms with Crippen LogP contribution in [-0.2, 0) is 4.74 Å². The third-order valence-corrected chi connectivity index (χ3v) is 5.12. The van der Waals surface area contributed by atoms with E-state index in [-0.39, 0.29) is 18.0 Å². The van der Waals surface area contributed by atoms with Gasteiger partial charge in [0.1, 0.15) is 6.10 Å². The van der Waals surface area contributed by atoms with Gasteiger partial charge in [0.25, 0.3) is 0 Å². The molecule has 1 fully saturated rings. The molecule has 0 saturated carbocycles. The van der Waals surface area contributed by atoms with Gasteiger partial charge in [0.05, 0.1) is 5.56 Å². The second-order valence-electron chi connectivity index (χ2n) is 6.90. The van der Waals surface area contributed by atoms with Crippen LogP contribution in [0.4, 0.5) is 0 Å². The fourth-order valence-corrected chi connectivity index (χ4v) is 3.70. The predicted octanol–water partition coefficient (Wildman–Crippen LogP) is 4.66. The predicted molar refractivity (Wildman–Crippen MR) is 108 cm³/mol. The van der Waals surface area contributed by atoms with E-state index in [2.05, 4.69) is 17.4 Å². The van der Waals surface area contributed by atoms with Crippen LogP contribution in [-0.4, -0.2) is 25.2 Å². The van der Waals surface area contributed by atoms with Crippen LogP contribution in [0, 0.1) is 0 Å². The normalized spacial score (nSPS) is 19.4. The number of benzene rings is 3. The molecule has 3 aromatic rings. The summed E-state index contributed by atoms with van der Waals surface area (Å²) >= 11 is 0. The van der Waals surface area contributed by atoms with E-state index in [1.54, 1.807) is 0 Å². The van der Waals surface area contributed by atoms with E-state index in [9.17, 15) is 4.79 Å². The molecule has 1 saturated heterocycles. The maximum atomic E-state index is 12.8. The standard InChI is InChI=1S/C24H23NO2/c26-24(21-13-7-12-20(16-21)18-8-3-1-4-9-18)27-23-17-25-15-14-22(23)19-10-5-2-6-11-19/h1-13,16,22-23,25H,14-15,17H2/t22-,23+/m0/s1. The first-order valence-electron chi connectivity index (χ1n) is 9.43. The Bertz CT molecular complexity index is 893. The first kappa shape index (κ1) is 17.5. The van der Waals surface area contributed by atoms with E-state index in [0.717, 1.165) is 24.1 Å². The lowest BCUT2D eigenvalue weighted by molar-refractivity contribution is 0.0182. The van der Waals surface area contributed by atoms with Crippen LogP contribution in [0.3, 0.4) is 0 Å². The molecule has 3 aromatic carbocycles. The maximum absolute atomic E-state index is 12.8. The number of nitrogens with one attached hydrogen (secondary N) is 1. The number of ether oxygens (including phenoxy) is 1. The molecule has 1 N–H and O–H groups in total. The summed E-state index contributed by atoms with van der Waals surface area (Å²) in [6.45, 7) is 1.63. The van der Waals surface area contributed by atoms with E-state index in [4.69, 9.17) is 4.74 Å². The Labute approximate surface area is 160 Å². The number of rotatable bonds is 4. The molecule has 4 rings (SSSR count). The van der Waals surface area contributed by atoms with Crippen molar-refractivity contribution in [3.63, 3.8) is 0 Å². The smallest absolute Gasteiger partial charge is 0.338 e. The fraction of sp³-hybridized carbons (Fsp3) is 0.208. The first-order chi connectivity index (χ1) is 13.3. The van der Waals surface area contributed by atoms with Crippen LogP contribution < -0.4 is 5.32 Å². The SMILES string of the molecule is O=C(O[C@@H]1CNCC[C@H]1c1ccccc1)c1cccc(-c2ccccc2)c1. The monoisotopic (exact) mass is 357 g/mol. The highest BCUT2D eigenvalue weighted by atomic mass is 16.5. The largest absolute Gasteiger partial charge is 0.457 e. The lowest BCUT2D eigenvalue weighted by Gasteiger charge is -2.32. The average Bonchev–Trinajstić information content (AvgIpc) is 2.75. The van der Waals surface area contributed by atoms with Gasteiger partial charge < -0.3 is 10.1 Å². The van der Waals surface area contributed by atoms with Gasteiger partial charge >= 0.3 is 5.97 Å². The summed E-state index contributed by atoms with van der Waals surface area (Å²) in [4.78, 5) is 12.8. The van der Waals surface area contributed by atoms with Crippen LogP contribution in [0.15, 0.2) is 84.9 Å². The van der Waals surface area contributed by atoms with Gasteiger partial charge in [0, 0.05) is 12.5 Å². The van der Waals surface area contributed by atoms with Gasteiger partial charge in [-0.15, -0.1) is 0 Å². The van der Waals surface area contributed by atoms with Gasteiger partial charge in [-0.05, 0) is 41.8 Å². The van der Waals surface area contributed by atoms with Gasteiger partial charge in [-0.1, -0.05) is 72.8 Å². The van der Waals surface area contributed by atoms with Crippen molar-refractivity contribution in [1.82, 2.24) is 5.32 Å². The molecule has 0 bridgehead atoms. The third kappa shape index (κ3) is 4.09. The average molecular weight is 357 g/mol. The first-order valence-corrected chi connectivity index (χ1v) is 9.43. The minimum Gasteiger partial charge on any atom is -0.457 e. The third-order valence-electron chi connectivity index (χ3n) is 5.12. The minimum absolute atomic E-state index is 0.158. The number of hydrogen-bond donors (Lipinski definition) is 1. The highest BCUT2D eigenvalue weighted by molar-refractivity contribution is 5.91. The Morgan fingerprint density at radius 3 is 2.33 bits per heavy atom. The summed E-state index contributed by atoms with van der Waals surface area (Å²) in [5.74, 6) is -0.0314. The molecule has 2 atom stereocenters. The Hall–Kier alpha value is -2.91. The molecule has 0 aliphatic carbocycles. The van der Waals surface area contributed by atoms with Crippen LogP contribution in [0.2, 0.25) is 0 Å². The van der Waals surface area contributed by atoms with Gasteiger partial charge in [-0.25, -0.2) is 4.79 Å². The van der Waals surface area contributed by atoms with Crippen molar-refractivity contribution in [2.75, 3.05) is 13.1 Å². The van der Waals surface area contributed by atoms with Crippen LogP contribution in [0.1, 0.15) is 28.3 Å². The summed E-state index contributed by atoms with van der Waals surface area (Å²) in [6, 6.07) is 28.1. The van der Waals surface area contributed by atoms with Crippen LogP contribution in [0.25, 0.3) is 11.1 Å². The topological polar surface area (TPSA) is 38.3 Å². The lowest BCUT2D eigenvalue weighted by atomic mass is 9.88. The van der Waals surface area contributed by atoms with E-state index in [0.29, 0.717) is 12.1 Å². The number of carbonyl (C=O) groups is 1. The zero-order valence-corrected chi connectivity index (χ0v) is 15.2. The van der Waals surface area contributed by atoms with Crippen molar-refractivity contribution in [2.24, 2.45) is 0 Å². The van der Waals surface area contributed by atoms with Crippen LogP contribution >= 0.6 is 0 Å². The van der Waals surface area contributed by atoms with E-state index in [1.165, 1.54) is 5.56 Å². The molecule has 0 radical (unpaired) electrons. The van der Waals surface area contributed by atoms with Gasteiger partial charge in [-0.3, -0.25) is 0 Å². The van der Waals surface area contributed by atoms with Crippen molar-refractivity contribution < 1.29 is 9.53 Å². The molecule has 0 unspecified atom stereocenters. The lowest BCUT2D eigenvalue weighted by Crippen LogP contribution is -2.42. The highest BCUT2D eigenvalue weighted by Gasteiger charge is 2.29. The zero-order valence-electron chi connectivity index (χ0n) is 15.2. The Morgan fingerprint density at radius 1 is 0.852 bits per heavy atom. The molecule has 0 spiro atoms. The molecule has 1 aliphatic heterocycles. The quantitative estimate of drug-likeness (QED) is 0.691. The summed E-state index contributed by atoms with van der Waals surface area (Å²) < 4.78 is 5.93. The van der Waals surface area contributed by atoms with Crippen molar-refractivity contribution in [3.8, 4) is 11.1 Å². The molecular formula is C24H23NO2. The molecule has 3 nitrogen and oxygen atoms in total. The van der Waals surface area contributed by atoms with Crippen LogP contribution in [0.5, 0.6) is 0 Å². The molecule has 27 heavy (non-hydrogen) atoms. The van der Waals surface area contributed by atoms with E-state index >= 15 is 0 Å². The second kappa shape index (κ2) is 8.19. The van der Waals surface area contributed by atoms with Crippen molar-refractivity contribution in [1.29, 1.82) is 0 Å². The molecular weight excluding hydrogens is 334 g/mol. The Kier molecular flexibility index (Phi) is 5.31. The molecule has 1 heterocycles. The Morgan fingerprint density at radius 2 is 1.56 bits per heavy atom. The van der Waals surface area contributed by atoms with Crippen molar-refractivity contribution in [3.05, 3.63) is 96.1 Å². The number of piperidine rings is 1. The fourth-order valence-electron chi connectivity index (χ4n) is 3.70. The summed E-state index contributed by atoms with van der Waals surface area (Å²) in [5, 5.41) is 3.35. The minimum atomic E-state index is -0.262. The summed E-state index contributed by atoms with van der Waals surface area (Å²) in [6.07, 6.45) is 0.806. The molecule has 1 aliphatic rings. The number of carbonyl (C=O) groups excluding carboxylic acids is 1. The molecule has 136 valence electrons. The van der Waals surface area contributed by atoms with Gasteiger partial charge in [0.2, 0.25) is 0 Å². The second-order valence-corrected chi connectivity index (χ2v) is 6.90. The van der Waals surface area contributed by atoms with Crippen molar-refractivity contribution in [2.45, 2.75) is 18.4 Å². The zero-order chi connectivity index (χ0) is 18.5. The molecule has 0 amide bonds. The molecule has 0 aromatic heterocycles. The van der Waals surface area contributed by atoms with Crippen molar-refractivity contribution >= 4 is 5.97 Å². The van der Waals surface area contributed by atoms with E-state index in [1.807, 2.05) is 72.8 Å². The summed E-state index contributed by atoms with van der Waals surface area (Å²) in [7, 11) is 0. The molecule has 3 heteroatoms. The Balaban J connectivity index is 1.53. The van der Waals surface area contributed by atoms with Gasteiger partial charge in [0.15, 0.2) is 0 Å².